The quantitative estimate of drug-likeness (QED) is 0.704. The Balaban J connectivity index is 0.00000210. The molecule has 1 aliphatic rings. The first-order valence-electron chi connectivity index (χ1n) is 9.67. The van der Waals surface area contributed by atoms with Gasteiger partial charge in [-0.05, 0) is 42.5 Å². The maximum absolute atomic E-state index is 12.4. The smallest absolute Gasteiger partial charge is 0.270 e. The second-order valence-corrected chi connectivity index (χ2v) is 9.14. The number of piperidine rings is 1. The predicted octanol–water partition coefficient (Wildman–Crippen LogP) is 4.18. The predicted molar refractivity (Wildman–Crippen MR) is 127 cm³/mol. The Kier molecular flexibility index (Phi) is 9.89. The summed E-state index contributed by atoms with van der Waals surface area (Å²) in [5, 5.41) is 5.89. The van der Waals surface area contributed by atoms with Gasteiger partial charge in [0, 0.05) is 36.6 Å². The van der Waals surface area contributed by atoms with Crippen molar-refractivity contribution in [3.8, 4) is 0 Å². The van der Waals surface area contributed by atoms with Gasteiger partial charge in [0.1, 0.15) is 5.69 Å². The average molecular weight is 459 g/mol. The maximum atomic E-state index is 12.4. The molecule has 2 heterocycles. The summed E-state index contributed by atoms with van der Waals surface area (Å²) in [7, 11) is 0. The van der Waals surface area contributed by atoms with E-state index in [1.54, 1.807) is 0 Å². The molecule has 162 valence electrons. The summed E-state index contributed by atoms with van der Waals surface area (Å²) in [6.45, 7) is 9.17. The van der Waals surface area contributed by atoms with Crippen molar-refractivity contribution in [2.75, 3.05) is 24.5 Å². The normalized spacial score (nSPS) is 14.7. The molecule has 0 spiro atoms. The molecule has 2 aromatic rings. The molecule has 0 unspecified atom stereocenters. The van der Waals surface area contributed by atoms with Gasteiger partial charge in [-0.3, -0.25) is 4.79 Å². The standard InChI is InChI=1S/C21H30N4OS.2ClH/c1-21(2,3)15-4-6-17(7-5-15)25-12-9-16(10-13-25)23-20(26)18-14-27-19(24-18)8-11-22;;/h4-7,14,16H,8-13,22H2,1-3H3,(H,23,26);2*1H. The van der Waals surface area contributed by atoms with E-state index in [1.807, 2.05) is 5.38 Å². The zero-order valence-corrected chi connectivity index (χ0v) is 19.8. The number of rotatable bonds is 5. The van der Waals surface area contributed by atoms with Crippen LogP contribution in [0.3, 0.4) is 0 Å². The van der Waals surface area contributed by atoms with Crippen molar-refractivity contribution in [2.24, 2.45) is 5.73 Å². The fourth-order valence-electron chi connectivity index (χ4n) is 3.37. The summed E-state index contributed by atoms with van der Waals surface area (Å²) in [5.41, 5.74) is 8.86. The molecule has 1 fully saturated rings. The Morgan fingerprint density at radius 1 is 1.21 bits per heavy atom. The molecule has 3 N–H and O–H groups in total. The van der Waals surface area contributed by atoms with E-state index < -0.39 is 0 Å². The largest absolute Gasteiger partial charge is 0.371 e. The Labute approximate surface area is 190 Å². The third-order valence-corrected chi connectivity index (χ3v) is 5.98. The zero-order chi connectivity index (χ0) is 19.4. The van der Waals surface area contributed by atoms with E-state index in [1.165, 1.54) is 22.6 Å². The van der Waals surface area contributed by atoms with Crippen molar-refractivity contribution in [1.29, 1.82) is 0 Å². The summed E-state index contributed by atoms with van der Waals surface area (Å²) >= 11 is 1.50. The van der Waals surface area contributed by atoms with Crippen LogP contribution in [0.2, 0.25) is 0 Å². The minimum Gasteiger partial charge on any atom is -0.371 e. The van der Waals surface area contributed by atoms with Crippen molar-refractivity contribution in [2.45, 2.75) is 51.5 Å². The Bertz CT molecular complexity index is 766. The highest BCUT2D eigenvalue weighted by Gasteiger charge is 2.23. The lowest BCUT2D eigenvalue weighted by molar-refractivity contribution is 0.0926. The highest BCUT2D eigenvalue weighted by atomic mass is 35.5. The minimum atomic E-state index is -0.0671. The molecule has 0 bridgehead atoms. The molecule has 0 atom stereocenters. The second kappa shape index (κ2) is 11.2. The monoisotopic (exact) mass is 458 g/mol. The van der Waals surface area contributed by atoms with Crippen LogP contribution >= 0.6 is 36.2 Å². The van der Waals surface area contributed by atoms with Gasteiger partial charge in [0.25, 0.3) is 5.91 Å². The molecule has 0 radical (unpaired) electrons. The number of hydrogen-bond donors (Lipinski definition) is 2. The lowest BCUT2D eigenvalue weighted by Gasteiger charge is -2.34. The Hall–Kier alpha value is -1.34. The van der Waals surface area contributed by atoms with Crippen LogP contribution in [-0.4, -0.2) is 36.6 Å². The van der Waals surface area contributed by atoms with Crippen molar-refractivity contribution in [3.05, 3.63) is 45.9 Å². The van der Waals surface area contributed by atoms with E-state index in [0.717, 1.165) is 37.4 Å². The highest BCUT2D eigenvalue weighted by molar-refractivity contribution is 7.09. The van der Waals surface area contributed by atoms with Crippen molar-refractivity contribution in [3.63, 3.8) is 0 Å². The molecular weight excluding hydrogens is 427 g/mol. The van der Waals surface area contributed by atoms with Crippen LogP contribution in [0.1, 0.15) is 54.7 Å². The van der Waals surface area contributed by atoms with Gasteiger partial charge in [0.05, 0.1) is 5.01 Å². The summed E-state index contributed by atoms with van der Waals surface area (Å²) < 4.78 is 0. The molecule has 3 rings (SSSR count). The van der Waals surface area contributed by atoms with Crippen LogP contribution < -0.4 is 16.0 Å². The number of anilines is 1. The number of carbonyl (C=O) groups excluding carboxylic acids is 1. The Morgan fingerprint density at radius 3 is 2.38 bits per heavy atom. The number of carbonyl (C=O) groups is 1. The molecule has 29 heavy (non-hydrogen) atoms. The number of nitrogens with zero attached hydrogens (tertiary/aromatic N) is 2. The van der Waals surface area contributed by atoms with E-state index in [2.05, 4.69) is 60.2 Å². The van der Waals surface area contributed by atoms with Crippen LogP contribution in [0, 0.1) is 0 Å². The lowest BCUT2D eigenvalue weighted by atomic mass is 9.87. The van der Waals surface area contributed by atoms with E-state index in [0.29, 0.717) is 12.2 Å². The van der Waals surface area contributed by atoms with Crippen LogP contribution in [-0.2, 0) is 11.8 Å². The molecule has 1 aliphatic heterocycles. The first kappa shape index (κ1) is 25.7. The summed E-state index contributed by atoms with van der Waals surface area (Å²) in [6.07, 6.45) is 2.63. The third kappa shape index (κ3) is 6.85. The van der Waals surface area contributed by atoms with Crippen LogP contribution in [0.4, 0.5) is 5.69 Å². The average Bonchev–Trinajstić information content (AvgIpc) is 3.11. The number of thiazole rings is 1. The van der Waals surface area contributed by atoms with Gasteiger partial charge < -0.3 is 16.0 Å². The first-order chi connectivity index (χ1) is 12.9. The van der Waals surface area contributed by atoms with Crippen LogP contribution in [0.5, 0.6) is 0 Å². The van der Waals surface area contributed by atoms with E-state index >= 15 is 0 Å². The minimum absolute atomic E-state index is 0. The lowest BCUT2D eigenvalue weighted by Crippen LogP contribution is -2.44. The number of aromatic nitrogens is 1. The van der Waals surface area contributed by atoms with Gasteiger partial charge in [0.15, 0.2) is 0 Å². The van der Waals surface area contributed by atoms with Gasteiger partial charge >= 0.3 is 0 Å². The van der Waals surface area contributed by atoms with Crippen LogP contribution in [0.15, 0.2) is 29.6 Å². The third-order valence-electron chi connectivity index (χ3n) is 5.07. The van der Waals surface area contributed by atoms with E-state index in [4.69, 9.17) is 5.73 Å². The summed E-state index contributed by atoms with van der Waals surface area (Å²) in [6, 6.07) is 9.10. The number of amides is 1. The molecule has 1 amide bonds. The molecule has 1 saturated heterocycles. The number of halogens is 2. The van der Waals surface area contributed by atoms with Gasteiger partial charge in [0.2, 0.25) is 0 Å². The second-order valence-electron chi connectivity index (χ2n) is 8.20. The first-order valence-corrected chi connectivity index (χ1v) is 10.6. The molecule has 1 aromatic carbocycles. The molecule has 1 aromatic heterocycles. The van der Waals surface area contributed by atoms with Gasteiger partial charge in [-0.2, -0.15) is 0 Å². The summed E-state index contributed by atoms with van der Waals surface area (Å²) in [5.74, 6) is -0.0671. The van der Waals surface area contributed by atoms with Crippen molar-refractivity contribution < 1.29 is 4.79 Å². The zero-order valence-electron chi connectivity index (χ0n) is 17.3. The number of benzene rings is 1. The van der Waals surface area contributed by atoms with E-state index in [-0.39, 0.29) is 42.2 Å². The number of hydrogen-bond acceptors (Lipinski definition) is 5. The molecule has 0 aliphatic carbocycles. The maximum Gasteiger partial charge on any atom is 0.270 e. The molecule has 8 heteroatoms. The molecule has 0 saturated carbocycles. The van der Waals surface area contributed by atoms with Crippen LogP contribution in [0.25, 0.3) is 0 Å². The molecule has 5 nitrogen and oxygen atoms in total. The fraction of sp³-hybridized carbons (Fsp3) is 0.524. The number of nitrogens with one attached hydrogen (secondary N) is 1. The SMILES string of the molecule is CC(C)(C)c1ccc(N2CCC(NC(=O)c3csc(CCN)n3)CC2)cc1.Cl.Cl. The van der Waals surface area contributed by atoms with Gasteiger partial charge in [-0.1, -0.05) is 32.9 Å². The van der Waals surface area contributed by atoms with E-state index in [9.17, 15) is 4.79 Å². The van der Waals surface area contributed by atoms with Crippen molar-refractivity contribution in [1.82, 2.24) is 10.3 Å². The fourth-order valence-corrected chi connectivity index (χ4v) is 4.16. The number of nitrogens with two attached hydrogens (primary N) is 1. The Morgan fingerprint density at radius 2 is 1.83 bits per heavy atom. The van der Waals surface area contributed by atoms with Crippen molar-refractivity contribution >= 4 is 47.7 Å². The molecular formula is C21H32Cl2N4OS. The van der Waals surface area contributed by atoms with Gasteiger partial charge in [-0.25, -0.2) is 4.98 Å². The summed E-state index contributed by atoms with van der Waals surface area (Å²) in [4.78, 5) is 19.2. The van der Waals surface area contributed by atoms with Gasteiger partial charge in [-0.15, -0.1) is 36.2 Å². The highest BCUT2D eigenvalue weighted by Crippen LogP contribution is 2.26. The topological polar surface area (TPSA) is 71.2 Å².